The van der Waals surface area contributed by atoms with Gasteiger partial charge in [-0.05, 0) is 56.2 Å². The van der Waals surface area contributed by atoms with Crippen LogP contribution in [0.25, 0.3) is 10.9 Å². The number of hydrogen-bond acceptors (Lipinski definition) is 3. The second-order valence-corrected chi connectivity index (χ2v) is 7.19. The Bertz CT molecular complexity index is 954. The van der Waals surface area contributed by atoms with Crippen LogP contribution in [0.5, 0.6) is 5.75 Å². The Morgan fingerprint density at radius 2 is 1.74 bits per heavy atom. The minimum atomic E-state index is -3.82. The molecular formula is C18H19NO3S. The molecule has 0 radical (unpaired) electrons. The van der Waals surface area contributed by atoms with E-state index in [-0.39, 0.29) is 4.90 Å². The van der Waals surface area contributed by atoms with Gasteiger partial charge in [-0.2, -0.15) is 8.42 Å². The number of H-pyrrole nitrogens is 1. The molecule has 0 spiro atoms. The zero-order valence-corrected chi connectivity index (χ0v) is 14.2. The van der Waals surface area contributed by atoms with Crippen LogP contribution in [0, 0.1) is 13.8 Å². The fraction of sp³-hybridized carbons (Fsp3) is 0.222. The Kier molecular flexibility index (Phi) is 3.90. The molecule has 0 fully saturated rings. The Balaban J connectivity index is 1.97. The van der Waals surface area contributed by atoms with Gasteiger partial charge in [0.1, 0.15) is 10.6 Å². The van der Waals surface area contributed by atoms with E-state index >= 15 is 0 Å². The number of nitrogens with one attached hydrogen (secondary N) is 1. The molecule has 0 unspecified atom stereocenters. The van der Waals surface area contributed by atoms with Crippen molar-refractivity contribution in [1.29, 1.82) is 0 Å². The van der Waals surface area contributed by atoms with Gasteiger partial charge in [0.25, 0.3) is 0 Å². The maximum Gasteiger partial charge on any atom is 0.339 e. The summed E-state index contributed by atoms with van der Waals surface area (Å²) >= 11 is 0. The first-order valence-corrected chi connectivity index (χ1v) is 8.94. The summed E-state index contributed by atoms with van der Waals surface area (Å²) in [5.41, 5.74) is 4.26. The number of aryl methyl sites for hydroxylation is 3. The molecule has 0 amide bonds. The predicted octanol–water partition coefficient (Wildman–Crippen LogP) is 4.11. The lowest BCUT2D eigenvalue weighted by Gasteiger charge is -2.07. The van der Waals surface area contributed by atoms with Crippen LogP contribution in [0.1, 0.15) is 23.7 Å². The highest BCUT2D eigenvalue weighted by molar-refractivity contribution is 7.87. The van der Waals surface area contributed by atoms with E-state index in [4.69, 9.17) is 4.18 Å². The SMILES string of the molecule is CCc1[nH]c2ccc(OS(=O)(=O)c3ccc(C)cc3)cc2c1C. The van der Waals surface area contributed by atoms with Crippen LogP contribution in [-0.4, -0.2) is 13.4 Å². The summed E-state index contributed by atoms with van der Waals surface area (Å²) in [6, 6.07) is 11.9. The van der Waals surface area contributed by atoms with E-state index < -0.39 is 10.1 Å². The van der Waals surface area contributed by atoms with Crippen LogP contribution in [0.15, 0.2) is 47.4 Å². The third-order valence-electron chi connectivity index (χ3n) is 4.00. The molecule has 5 heteroatoms. The quantitative estimate of drug-likeness (QED) is 0.733. The van der Waals surface area contributed by atoms with E-state index in [1.807, 2.05) is 19.9 Å². The number of hydrogen-bond donors (Lipinski definition) is 1. The van der Waals surface area contributed by atoms with Crippen molar-refractivity contribution < 1.29 is 12.6 Å². The van der Waals surface area contributed by atoms with E-state index in [9.17, 15) is 8.42 Å². The number of benzene rings is 2. The molecule has 0 atom stereocenters. The van der Waals surface area contributed by atoms with Crippen molar-refractivity contribution in [1.82, 2.24) is 4.98 Å². The van der Waals surface area contributed by atoms with E-state index in [2.05, 4.69) is 11.9 Å². The fourth-order valence-electron chi connectivity index (χ4n) is 2.65. The van der Waals surface area contributed by atoms with Crippen molar-refractivity contribution in [3.63, 3.8) is 0 Å². The maximum atomic E-state index is 12.4. The largest absolute Gasteiger partial charge is 0.379 e. The minimum Gasteiger partial charge on any atom is -0.379 e. The molecule has 0 aliphatic heterocycles. The van der Waals surface area contributed by atoms with Crippen LogP contribution in [0.2, 0.25) is 0 Å². The topological polar surface area (TPSA) is 59.2 Å². The monoisotopic (exact) mass is 329 g/mol. The Morgan fingerprint density at radius 1 is 1.04 bits per heavy atom. The number of aromatic nitrogens is 1. The molecule has 1 N–H and O–H groups in total. The van der Waals surface area contributed by atoms with E-state index in [1.54, 1.807) is 36.4 Å². The third-order valence-corrected chi connectivity index (χ3v) is 5.26. The average molecular weight is 329 g/mol. The minimum absolute atomic E-state index is 0.156. The lowest BCUT2D eigenvalue weighted by atomic mass is 10.1. The number of aromatic amines is 1. The maximum absolute atomic E-state index is 12.4. The van der Waals surface area contributed by atoms with Crippen LogP contribution < -0.4 is 4.18 Å². The van der Waals surface area contributed by atoms with Gasteiger partial charge in [0.2, 0.25) is 0 Å². The molecule has 1 heterocycles. The summed E-state index contributed by atoms with van der Waals surface area (Å²) in [5.74, 6) is 0.322. The second kappa shape index (κ2) is 5.74. The zero-order chi connectivity index (χ0) is 16.6. The average Bonchev–Trinajstić information content (AvgIpc) is 2.83. The predicted molar refractivity (Wildman–Crippen MR) is 91.4 cm³/mol. The Labute approximate surface area is 136 Å². The highest BCUT2D eigenvalue weighted by atomic mass is 32.2. The van der Waals surface area contributed by atoms with Gasteiger partial charge in [-0.25, -0.2) is 0 Å². The van der Waals surface area contributed by atoms with Crippen LogP contribution >= 0.6 is 0 Å². The Morgan fingerprint density at radius 3 is 2.39 bits per heavy atom. The van der Waals surface area contributed by atoms with Crippen molar-refractivity contribution in [3.05, 3.63) is 59.3 Å². The van der Waals surface area contributed by atoms with Gasteiger partial charge in [0, 0.05) is 16.6 Å². The first-order chi connectivity index (χ1) is 10.9. The van der Waals surface area contributed by atoms with Crippen molar-refractivity contribution >= 4 is 21.0 Å². The van der Waals surface area contributed by atoms with Crippen LogP contribution in [0.3, 0.4) is 0 Å². The molecule has 0 saturated carbocycles. The number of fused-ring (bicyclic) bond motifs is 1. The molecule has 3 rings (SSSR count). The normalized spacial score (nSPS) is 11.8. The first-order valence-electron chi connectivity index (χ1n) is 7.53. The molecule has 2 aromatic carbocycles. The molecular weight excluding hydrogens is 310 g/mol. The van der Waals surface area contributed by atoms with E-state index in [1.165, 1.54) is 0 Å². The highest BCUT2D eigenvalue weighted by Gasteiger charge is 2.17. The fourth-order valence-corrected chi connectivity index (χ4v) is 3.57. The molecule has 4 nitrogen and oxygen atoms in total. The van der Waals surface area contributed by atoms with E-state index in [0.29, 0.717) is 5.75 Å². The smallest absolute Gasteiger partial charge is 0.339 e. The molecule has 23 heavy (non-hydrogen) atoms. The summed E-state index contributed by atoms with van der Waals surface area (Å²) in [7, 11) is -3.82. The van der Waals surface area contributed by atoms with Gasteiger partial charge in [-0.3, -0.25) is 0 Å². The van der Waals surface area contributed by atoms with Gasteiger partial charge in [-0.15, -0.1) is 0 Å². The standard InChI is InChI=1S/C18H19NO3S/c1-4-17-13(3)16-11-14(7-10-18(16)19-17)22-23(20,21)15-8-5-12(2)6-9-15/h5-11,19H,4H2,1-3H3. The molecule has 0 bridgehead atoms. The molecule has 1 aromatic heterocycles. The summed E-state index contributed by atoms with van der Waals surface area (Å²) in [4.78, 5) is 3.49. The summed E-state index contributed by atoms with van der Waals surface area (Å²) in [6.07, 6.45) is 0.901. The second-order valence-electron chi connectivity index (χ2n) is 5.64. The van der Waals surface area contributed by atoms with Gasteiger partial charge >= 0.3 is 10.1 Å². The Hall–Kier alpha value is -2.27. The van der Waals surface area contributed by atoms with Crippen LogP contribution in [0.4, 0.5) is 0 Å². The molecule has 120 valence electrons. The first kappa shape index (κ1) is 15.6. The molecule has 3 aromatic rings. The van der Waals surface area contributed by atoms with Crippen molar-refractivity contribution in [2.45, 2.75) is 32.1 Å². The van der Waals surface area contributed by atoms with E-state index in [0.717, 1.165) is 34.1 Å². The lowest BCUT2D eigenvalue weighted by Crippen LogP contribution is -2.09. The summed E-state index contributed by atoms with van der Waals surface area (Å²) < 4.78 is 30.0. The molecule has 0 aliphatic rings. The lowest BCUT2D eigenvalue weighted by molar-refractivity contribution is 0.486. The summed E-state index contributed by atoms with van der Waals surface area (Å²) in [5, 5.41) is 0.985. The van der Waals surface area contributed by atoms with Gasteiger partial charge in [-0.1, -0.05) is 24.6 Å². The van der Waals surface area contributed by atoms with Crippen molar-refractivity contribution in [2.24, 2.45) is 0 Å². The molecule has 0 saturated heterocycles. The van der Waals surface area contributed by atoms with Gasteiger partial charge in [0.15, 0.2) is 0 Å². The molecule has 0 aliphatic carbocycles. The van der Waals surface area contributed by atoms with Crippen molar-refractivity contribution in [3.8, 4) is 5.75 Å². The third kappa shape index (κ3) is 2.97. The number of rotatable bonds is 4. The van der Waals surface area contributed by atoms with Crippen LogP contribution in [-0.2, 0) is 16.5 Å². The van der Waals surface area contributed by atoms with Gasteiger partial charge < -0.3 is 9.17 Å². The van der Waals surface area contributed by atoms with Gasteiger partial charge in [0.05, 0.1) is 0 Å². The summed E-state index contributed by atoms with van der Waals surface area (Å²) in [6.45, 7) is 6.01. The zero-order valence-electron chi connectivity index (χ0n) is 13.4. The highest BCUT2D eigenvalue weighted by Crippen LogP contribution is 2.28. The van der Waals surface area contributed by atoms with Crippen molar-refractivity contribution in [2.75, 3.05) is 0 Å².